The van der Waals surface area contributed by atoms with Crippen molar-refractivity contribution in [3.63, 3.8) is 0 Å². The normalized spacial score (nSPS) is 13.2. The lowest BCUT2D eigenvalue weighted by Gasteiger charge is -2.31. The molecule has 0 aliphatic carbocycles. The second-order valence-corrected chi connectivity index (χ2v) is 7.03. The van der Waals surface area contributed by atoms with Gasteiger partial charge in [0.2, 0.25) is 0 Å². The first kappa shape index (κ1) is 19.8. The fourth-order valence-electron chi connectivity index (χ4n) is 2.42. The first-order valence-electron chi connectivity index (χ1n) is 7.47. The van der Waals surface area contributed by atoms with Crippen molar-refractivity contribution in [2.75, 3.05) is 12.4 Å². The van der Waals surface area contributed by atoms with Crippen LogP contribution < -0.4 is 5.32 Å². The van der Waals surface area contributed by atoms with Crippen LogP contribution >= 0.6 is 0 Å². The monoisotopic (exact) mass is 339 g/mol. The number of ether oxygens (including phenoxy) is 2. The van der Waals surface area contributed by atoms with Gasteiger partial charge in [0.05, 0.1) is 0 Å². The summed E-state index contributed by atoms with van der Waals surface area (Å²) in [6.45, 7) is 8.54. The summed E-state index contributed by atoms with van der Waals surface area (Å²) in [6, 6.07) is 4.46. The Hall–Kier alpha value is -2.28. The molecule has 0 aliphatic rings. The summed E-state index contributed by atoms with van der Waals surface area (Å²) in [4.78, 5) is 23.1. The van der Waals surface area contributed by atoms with Crippen molar-refractivity contribution in [3.8, 4) is 5.75 Å². The number of benzene rings is 1. The molecule has 0 aromatic heterocycles. The van der Waals surface area contributed by atoms with E-state index in [9.17, 15) is 19.8 Å². The highest BCUT2D eigenvalue weighted by molar-refractivity contribution is 5.85. The zero-order chi connectivity index (χ0) is 18.7. The number of nitrogens with one attached hydrogen (secondary N) is 1. The Kier molecular flexibility index (Phi) is 5.84. The second-order valence-electron chi connectivity index (χ2n) is 7.03. The number of carbonyl (C=O) groups excluding carboxylic acids is 1. The van der Waals surface area contributed by atoms with Gasteiger partial charge in [-0.1, -0.05) is 19.9 Å². The van der Waals surface area contributed by atoms with Crippen molar-refractivity contribution in [1.82, 2.24) is 0 Å². The smallest absolute Gasteiger partial charge is 0.412 e. The molecule has 0 heterocycles. The summed E-state index contributed by atoms with van der Waals surface area (Å²) in [5.41, 5.74) is -0.881. The maximum absolute atomic E-state index is 11.8. The summed E-state index contributed by atoms with van der Waals surface area (Å²) in [5.74, 6) is -1.27. The second kappa shape index (κ2) is 7.09. The molecule has 7 nitrogen and oxygen atoms in total. The van der Waals surface area contributed by atoms with Crippen LogP contribution in [0.1, 0.15) is 40.2 Å². The summed E-state index contributed by atoms with van der Waals surface area (Å²) in [5, 5.41) is 22.0. The molecule has 1 amide bonds. The van der Waals surface area contributed by atoms with Crippen LogP contribution in [-0.4, -0.2) is 41.1 Å². The van der Waals surface area contributed by atoms with Gasteiger partial charge >= 0.3 is 12.1 Å². The van der Waals surface area contributed by atoms with E-state index in [0.29, 0.717) is 11.3 Å². The predicted octanol–water partition coefficient (Wildman–Crippen LogP) is 3.12. The Bertz CT molecular complexity index is 618. The highest BCUT2D eigenvalue weighted by Crippen LogP contribution is 2.36. The van der Waals surface area contributed by atoms with Gasteiger partial charge in [0.1, 0.15) is 11.4 Å². The van der Waals surface area contributed by atoms with Gasteiger partial charge in [0.15, 0.2) is 6.10 Å². The number of hydrogen-bond donors (Lipinski definition) is 3. The zero-order valence-electron chi connectivity index (χ0n) is 14.8. The van der Waals surface area contributed by atoms with Gasteiger partial charge in [-0.15, -0.1) is 0 Å². The molecule has 134 valence electrons. The van der Waals surface area contributed by atoms with Crippen molar-refractivity contribution < 1.29 is 29.3 Å². The van der Waals surface area contributed by atoms with Crippen LogP contribution in [0.25, 0.3) is 0 Å². The lowest BCUT2D eigenvalue weighted by Crippen LogP contribution is -2.41. The number of carboxylic acids is 1. The van der Waals surface area contributed by atoms with Crippen molar-refractivity contribution >= 4 is 17.7 Å². The molecule has 24 heavy (non-hydrogen) atoms. The number of hydrogen-bond acceptors (Lipinski definition) is 5. The summed E-state index contributed by atoms with van der Waals surface area (Å²) < 4.78 is 10.2. The quantitative estimate of drug-likeness (QED) is 0.761. The number of phenols is 1. The molecule has 3 N–H and O–H groups in total. The Morgan fingerprint density at radius 2 is 1.75 bits per heavy atom. The van der Waals surface area contributed by atoms with Crippen LogP contribution in [0, 0.1) is 0 Å². The number of aromatic hydroxyl groups is 1. The Morgan fingerprint density at radius 1 is 1.17 bits per heavy atom. The fourth-order valence-corrected chi connectivity index (χ4v) is 2.42. The minimum Gasteiger partial charge on any atom is -0.508 e. The number of anilines is 1. The Morgan fingerprint density at radius 3 is 2.17 bits per heavy atom. The average Bonchev–Trinajstić information content (AvgIpc) is 2.35. The van der Waals surface area contributed by atoms with Crippen LogP contribution in [0.2, 0.25) is 0 Å². The van der Waals surface area contributed by atoms with Crippen molar-refractivity contribution in [3.05, 3.63) is 23.8 Å². The van der Waals surface area contributed by atoms with Gasteiger partial charge < -0.3 is 19.7 Å². The third-order valence-corrected chi connectivity index (χ3v) is 3.45. The summed E-state index contributed by atoms with van der Waals surface area (Å²) >= 11 is 0. The van der Waals surface area contributed by atoms with Crippen LogP contribution in [0.5, 0.6) is 5.75 Å². The Balaban J connectivity index is 3.03. The first-order chi connectivity index (χ1) is 10.9. The van der Waals surface area contributed by atoms with Gasteiger partial charge in [-0.05, 0) is 26.8 Å². The zero-order valence-corrected chi connectivity index (χ0v) is 14.8. The largest absolute Gasteiger partial charge is 0.508 e. The maximum Gasteiger partial charge on any atom is 0.412 e. The third-order valence-electron chi connectivity index (χ3n) is 3.45. The molecule has 1 rings (SSSR count). The molecule has 7 heteroatoms. The van der Waals surface area contributed by atoms with E-state index in [1.165, 1.54) is 13.2 Å². The highest BCUT2D eigenvalue weighted by Gasteiger charge is 2.38. The number of methoxy groups -OCH3 is 1. The molecule has 1 unspecified atom stereocenters. The van der Waals surface area contributed by atoms with Gasteiger partial charge in [0.25, 0.3) is 0 Å². The molecule has 0 spiro atoms. The average molecular weight is 339 g/mol. The number of carboxylic acid groups (broad SMARTS) is 1. The molecule has 0 saturated heterocycles. The molecular weight excluding hydrogens is 314 g/mol. The minimum atomic E-state index is -1.13. The van der Waals surface area contributed by atoms with Gasteiger partial charge in [0, 0.05) is 29.8 Å². The third kappa shape index (κ3) is 4.86. The van der Waals surface area contributed by atoms with Crippen LogP contribution in [-0.2, 0) is 19.7 Å². The van der Waals surface area contributed by atoms with Gasteiger partial charge in [-0.25, -0.2) is 9.59 Å². The van der Waals surface area contributed by atoms with Crippen LogP contribution in [0.3, 0.4) is 0 Å². The fraction of sp³-hybridized carbons (Fsp3) is 0.529. The van der Waals surface area contributed by atoms with Gasteiger partial charge in [-0.2, -0.15) is 0 Å². The van der Waals surface area contributed by atoms with E-state index in [1.807, 2.05) is 0 Å². The lowest BCUT2D eigenvalue weighted by atomic mass is 9.78. The first-order valence-corrected chi connectivity index (χ1v) is 7.47. The molecule has 1 aromatic rings. The molecular formula is C17H25NO6. The SMILES string of the molecule is COC(C(=O)O)C(C)(C)c1ccc(NC(=O)OC(C)(C)C)cc1O. The molecule has 0 bridgehead atoms. The van der Waals surface area contributed by atoms with E-state index >= 15 is 0 Å². The van der Waals surface area contributed by atoms with E-state index in [2.05, 4.69) is 5.32 Å². The molecule has 0 fully saturated rings. The highest BCUT2D eigenvalue weighted by atomic mass is 16.6. The van der Waals surface area contributed by atoms with Crippen LogP contribution in [0.4, 0.5) is 10.5 Å². The van der Waals surface area contributed by atoms with E-state index in [0.717, 1.165) is 0 Å². The standard InChI is InChI=1S/C17H25NO6/c1-16(2,3)24-15(22)18-10-7-8-11(12(19)9-10)17(4,5)13(23-6)14(20)21/h7-9,13,19H,1-6H3,(H,18,22)(H,20,21). The van der Waals surface area contributed by atoms with Crippen molar-refractivity contribution in [1.29, 1.82) is 0 Å². The number of carbonyl (C=O) groups is 2. The maximum atomic E-state index is 11.8. The number of rotatable bonds is 5. The molecule has 0 saturated carbocycles. The predicted molar refractivity (Wildman–Crippen MR) is 89.4 cm³/mol. The molecule has 0 radical (unpaired) electrons. The van der Waals surface area contributed by atoms with Crippen molar-refractivity contribution in [2.24, 2.45) is 0 Å². The molecule has 0 aliphatic heterocycles. The minimum absolute atomic E-state index is 0.142. The van der Waals surface area contributed by atoms with E-state index in [4.69, 9.17) is 9.47 Å². The van der Waals surface area contributed by atoms with E-state index in [1.54, 1.807) is 46.8 Å². The summed E-state index contributed by atoms with van der Waals surface area (Å²) in [6.07, 6.45) is -1.78. The molecule has 1 atom stereocenters. The summed E-state index contributed by atoms with van der Waals surface area (Å²) in [7, 11) is 1.30. The Labute approximate surface area is 141 Å². The van der Waals surface area contributed by atoms with Crippen molar-refractivity contribution in [2.45, 2.75) is 51.7 Å². The number of phenolic OH excluding ortho intramolecular Hbond substituents is 1. The van der Waals surface area contributed by atoms with Gasteiger partial charge in [-0.3, -0.25) is 5.32 Å². The lowest BCUT2D eigenvalue weighted by molar-refractivity contribution is -0.152. The van der Waals surface area contributed by atoms with E-state index < -0.39 is 29.2 Å². The van der Waals surface area contributed by atoms with Crippen LogP contribution in [0.15, 0.2) is 18.2 Å². The molecule has 1 aromatic carbocycles. The van der Waals surface area contributed by atoms with E-state index in [-0.39, 0.29) is 5.75 Å². The topological polar surface area (TPSA) is 105 Å². The number of aliphatic carboxylic acids is 1. The number of amides is 1.